The summed E-state index contributed by atoms with van der Waals surface area (Å²) in [6.45, 7) is 0.480. The molecular weight excluding hydrogens is 301 g/mol. The number of carbonyl (C=O) groups excluding carboxylic acids is 1. The summed E-state index contributed by atoms with van der Waals surface area (Å²) < 4.78 is 46.3. The number of alkyl halides is 3. The van der Waals surface area contributed by atoms with E-state index < -0.39 is 18.9 Å². The molecule has 22 heavy (non-hydrogen) atoms. The van der Waals surface area contributed by atoms with Gasteiger partial charge in [0.05, 0.1) is 6.61 Å². The van der Waals surface area contributed by atoms with Crippen LogP contribution in [0.2, 0.25) is 0 Å². The van der Waals surface area contributed by atoms with E-state index in [0.717, 1.165) is 0 Å². The number of hydrogen-bond acceptors (Lipinski definition) is 4. The van der Waals surface area contributed by atoms with E-state index in [9.17, 15) is 18.0 Å². The first-order valence-electron chi connectivity index (χ1n) is 6.82. The number of hydrogen-bond donors (Lipinski definition) is 2. The van der Waals surface area contributed by atoms with Crippen LogP contribution < -0.4 is 15.4 Å². The first-order chi connectivity index (χ1) is 10.4. The van der Waals surface area contributed by atoms with Gasteiger partial charge in [-0.1, -0.05) is 12.1 Å². The van der Waals surface area contributed by atoms with Crippen molar-refractivity contribution < 1.29 is 27.4 Å². The van der Waals surface area contributed by atoms with Gasteiger partial charge in [-0.05, 0) is 17.7 Å². The van der Waals surface area contributed by atoms with Gasteiger partial charge < -0.3 is 20.1 Å². The Labute approximate surface area is 125 Å². The van der Waals surface area contributed by atoms with Crippen molar-refractivity contribution in [2.45, 2.75) is 18.8 Å². The second-order valence-corrected chi connectivity index (χ2v) is 4.83. The van der Waals surface area contributed by atoms with Crippen molar-refractivity contribution in [3.05, 3.63) is 29.8 Å². The van der Waals surface area contributed by atoms with Gasteiger partial charge in [-0.3, -0.25) is 4.79 Å². The van der Waals surface area contributed by atoms with Crippen molar-refractivity contribution >= 4 is 5.91 Å². The molecule has 1 aliphatic heterocycles. The molecule has 0 radical (unpaired) electrons. The van der Waals surface area contributed by atoms with E-state index in [-0.39, 0.29) is 18.2 Å². The van der Waals surface area contributed by atoms with Crippen LogP contribution in [0, 0.1) is 0 Å². The van der Waals surface area contributed by atoms with Gasteiger partial charge >= 0.3 is 6.18 Å². The number of benzene rings is 1. The largest absolute Gasteiger partial charge is 0.484 e. The minimum absolute atomic E-state index is 0.111. The van der Waals surface area contributed by atoms with E-state index in [1.165, 1.54) is 12.1 Å². The third kappa shape index (κ3) is 5.53. The molecule has 0 aromatic heterocycles. The Kier molecular flexibility index (Phi) is 5.62. The highest BCUT2D eigenvalue weighted by atomic mass is 19.4. The zero-order chi connectivity index (χ0) is 16.0. The first kappa shape index (κ1) is 16.6. The predicted octanol–water partition coefficient (Wildman–Crippen LogP) is 1.23. The molecular formula is C14H17F3N2O3. The summed E-state index contributed by atoms with van der Waals surface area (Å²) in [5.74, 6) is -0.145. The zero-order valence-electron chi connectivity index (χ0n) is 11.8. The van der Waals surface area contributed by atoms with Crippen LogP contribution in [0.4, 0.5) is 13.2 Å². The van der Waals surface area contributed by atoms with Gasteiger partial charge in [-0.25, -0.2) is 0 Å². The van der Waals surface area contributed by atoms with E-state index in [0.29, 0.717) is 25.3 Å². The number of ether oxygens (including phenoxy) is 2. The molecule has 0 spiro atoms. The lowest BCUT2D eigenvalue weighted by molar-refractivity contribution is -0.153. The Bertz CT molecular complexity index is 502. The SMILES string of the molecule is O=C(NCc1cccc(OCC(F)(F)F)c1)C1CNCCO1. The molecule has 122 valence electrons. The Morgan fingerprint density at radius 2 is 2.27 bits per heavy atom. The summed E-state index contributed by atoms with van der Waals surface area (Å²) in [7, 11) is 0. The molecule has 1 aliphatic rings. The smallest absolute Gasteiger partial charge is 0.422 e. The average molecular weight is 318 g/mol. The van der Waals surface area contributed by atoms with Crippen molar-refractivity contribution in [1.29, 1.82) is 0 Å². The van der Waals surface area contributed by atoms with Crippen LogP contribution in [-0.4, -0.2) is 44.5 Å². The molecule has 1 unspecified atom stereocenters. The molecule has 1 amide bonds. The van der Waals surface area contributed by atoms with E-state index in [2.05, 4.69) is 15.4 Å². The fourth-order valence-electron chi connectivity index (χ4n) is 1.95. The quantitative estimate of drug-likeness (QED) is 0.857. The first-order valence-corrected chi connectivity index (χ1v) is 6.82. The molecule has 1 saturated heterocycles. The molecule has 1 atom stereocenters. The van der Waals surface area contributed by atoms with E-state index in [1.54, 1.807) is 12.1 Å². The van der Waals surface area contributed by atoms with Crippen LogP contribution in [0.25, 0.3) is 0 Å². The lowest BCUT2D eigenvalue weighted by Crippen LogP contribution is -2.47. The van der Waals surface area contributed by atoms with Crippen LogP contribution in [0.15, 0.2) is 24.3 Å². The maximum absolute atomic E-state index is 12.1. The van der Waals surface area contributed by atoms with Crippen molar-refractivity contribution in [1.82, 2.24) is 10.6 Å². The fraction of sp³-hybridized carbons (Fsp3) is 0.500. The average Bonchev–Trinajstić information content (AvgIpc) is 2.51. The molecule has 0 saturated carbocycles. The van der Waals surface area contributed by atoms with Crippen LogP contribution in [-0.2, 0) is 16.1 Å². The third-order valence-electron chi connectivity index (χ3n) is 2.99. The maximum Gasteiger partial charge on any atom is 0.422 e. The van der Waals surface area contributed by atoms with Gasteiger partial charge in [0.2, 0.25) is 0 Å². The predicted molar refractivity (Wildman–Crippen MR) is 72.4 cm³/mol. The van der Waals surface area contributed by atoms with Crippen molar-refractivity contribution in [2.24, 2.45) is 0 Å². The van der Waals surface area contributed by atoms with Gasteiger partial charge in [-0.2, -0.15) is 13.2 Å². The number of carbonyl (C=O) groups is 1. The maximum atomic E-state index is 12.1. The van der Waals surface area contributed by atoms with Crippen LogP contribution in [0.1, 0.15) is 5.56 Å². The van der Waals surface area contributed by atoms with Crippen molar-refractivity contribution in [3.8, 4) is 5.75 Å². The molecule has 8 heteroatoms. The monoisotopic (exact) mass is 318 g/mol. The number of morpholine rings is 1. The summed E-state index contributed by atoms with van der Waals surface area (Å²) in [5.41, 5.74) is 0.650. The van der Waals surface area contributed by atoms with Crippen LogP contribution >= 0.6 is 0 Å². The highest BCUT2D eigenvalue weighted by molar-refractivity contribution is 5.81. The van der Waals surface area contributed by atoms with E-state index in [4.69, 9.17) is 4.74 Å². The zero-order valence-corrected chi connectivity index (χ0v) is 11.8. The Morgan fingerprint density at radius 1 is 1.45 bits per heavy atom. The molecule has 5 nitrogen and oxygen atoms in total. The summed E-state index contributed by atoms with van der Waals surface area (Å²) in [4.78, 5) is 11.9. The standard InChI is InChI=1S/C14H17F3N2O3/c15-14(16,17)9-22-11-3-1-2-10(6-11)7-19-13(20)12-8-18-4-5-21-12/h1-3,6,12,18H,4-5,7-9H2,(H,19,20). The normalized spacial score (nSPS) is 18.8. The van der Waals surface area contributed by atoms with Gasteiger partial charge in [0, 0.05) is 19.6 Å². The highest BCUT2D eigenvalue weighted by Crippen LogP contribution is 2.19. The van der Waals surface area contributed by atoms with Gasteiger partial charge in [-0.15, -0.1) is 0 Å². The Morgan fingerprint density at radius 3 is 2.95 bits per heavy atom. The minimum Gasteiger partial charge on any atom is -0.484 e. The molecule has 0 bridgehead atoms. The van der Waals surface area contributed by atoms with Crippen LogP contribution in [0.3, 0.4) is 0 Å². The number of nitrogens with one attached hydrogen (secondary N) is 2. The van der Waals surface area contributed by atoms with E-state index >= 15 is 0 Å². The minimum atomic E-state index is -4.38. The summed E-state index contributed by atoms with van der Waals surface area (Å²) in [6.07, 6.45) is -4.92. The van der Waals surface area contributed by atoms with Crippen molar-refractivity contribution in [3.63, 3.8) is 0 Å². The number of amides is 1. The molecule has 1 fully saturated rings. The van der Waals surface area contributed by atoms with E-state index in [1.807, 2.05) is 0 Å². The molecule has 1 aromatic carbocycles. The molecule has 2 rings (SSSR count). The summed E-state index contributed by atoms with van der Waals surface area (Å²) in [6, 6.07) is 6.17. The Hall–Kier alpha value is -1.80. The number of rotatable bonds is 5. The molecule has 1 heterocycles. The van der Waals surface area contributed by atoms with Gasteiger partial charge in [0.1, 0.15) is 11.9 Å². The topological polar surface area (TPSA) is 59.6 Å². The Balaban J connectivity index is 1.83. The molecule has 2 N–H and O–H groups in total. The summed E-state index contributed by atoms with van der Waals surface area (Å²) in [5, 5.41) is 5.73. The van der Waals surface area contributed by atoms with Crippen LogP contribution in [0.5, 0.6) is 5.75 Å². The second-order valence-electron chi connectivity index (χ2n) is 4.83. The fourth-order valence-corrected chi connectivity index (χ4v) is 1.95. The lowest BCUT2D eigenvalue weighted by Gasteiger charge is -2.22. The molecule has 0 aliphatic carbocycles. The van der Waals surface area contributed by atoms with Crippen molar-refractivity contribution in [2.75, 3.05) is 26.3 Å². The number of halogens is 3. The lowest BCUT2D eigenvalue weighted by atomic mass is 10.2. The third-order valence-corrected chi connectivity index (χ3v) is 2.99. The molecule has 1 aromatic rings. The highest BCUT2D eigenvalue weighted by Gasteiger charge is 2.28. The van der Waals surface area contributed by atoms with Gasteiger partial charge in [0.15, 0.2) is 6.61 Å². The van der Waals surface area contributed by atoms with Gasteiger partial charge in [0.25, 0.3) is 5.91 Å². The second kappa shape index (κ2) is 7.46. The summed E-state index contributed by atoms with van der Waals surface area (Å²) >= 11 is 0.